The molecule has 0 bridgehead atoms. The van der Waals surface area contributed by atoms with Gasteiger partial charge in [0.05, 0.1) is 0 Å². The van der Waals surface area contributed by atoms with Crippen LogP contribution in [-0.2, 0) is 10.2 Å². The minimum absolute atomic E-state index is 0.00802. The number of benzene rings is 1. The topological polar surface area (TPSA) is 26.3 Å². The lowest BCUT2D eigenvalue weighted by atomic mass is 9.85. The molecule has 0 saturated heterocycles. The molecule has 0 N–H and O–H groups in total. The van der Waals surface area contributed by atoms with Crippen molar-refractivity contribution in [2.75, 3.05) is 0 Å². The first kappa shape index (κ1) is 12.6. The highest BCUT2D eigenvalue weighted by Gasteiger charge is 2.22. The van der Waals surface area contributed by atoms with Crippen molar-refractivity contribution in [3.63, 3.8) is 0 Å². The minimum Gasteiger partial charge on any atom is -0.456 e. The summed E-state index contributed by atoms with van der Waals surface area (Å²) in [4.78, 5) is 11.1. The summed E-state index contributed by atoms with van der Waals surface area (Å²) in [6.45, 7) is 7.98. The van der Waals surface area contributed by atoms with E-state index in [0.717, 1.165) is 16.9 Å². The second-order valence-electron chi connectivity index (χ2n) is 5.57. The maximum atomic E-state index is 11.1. The van der Waals surface area contributed by atoms with Crippen molar-refractivity contribution in [3.05, 3.63) is 47.2 Å². The normalized spacial score (nSPS) is 16.3. The first-order valence-corrected chi connectivity index (χ1v) is 6.09. The molecule has 0 radical (unpaired) electrons. The molecule has 0 aromatic heterocycles. The van der Waals surface area contributed by atoms with Gasteiger partial charge >= 0.3 is 0 Å². The summed E-state index contributed by atoms with van der Waals surface area (Å²) in [5.74, 6) is 1.46. The number of hydrogen-bond donors (Lipinski definition) is 0. The van der Waals surface area contributed by atoms with Gasteiger partial charge < -0.3 is 4.74 Å². The van der Waals surface area contributed by atoms with Gasteiger partial charge in [0.1, 0.15) is 11.5 Å². The number of allylic oxidation sites excluding steroid dienone is 2. The standard InChI is InChI=1S/C16H18O2/c1-11(17)10-13-9-8-12-6-5-7-14(15(12)18-13)16(2,3)4/h5-10H,1-4H3/b13-10-. The van der Waals surface area contributed by atoms with Gasteiger partial charge in [-0.2, -0.15) is 0 Å². The zero-order valence-electron chi connectivity index (χ0n) is 11.3. The lowest BCUT2D eigenvalue weighted by Gasteiger charge is -2.25. The van der Waals surface area contributed by atoms with Crippen LogP contribution in [0.5, 0.6) is 5.75 Å². The highest BCUT2D eigenvalue weighted by molar-refractivity contribution is 5.88. The van der Waals surface area contributed by atoms with E-state index in [-0.39, 0.29) is 11.2 Å². The van der Waals surface area contributed by atoms with Gasteiger partial charge in [-0.25, -0.2) is 0 Å². The van der Waals surface area contributed by atoms with E-state index in [1.165, 1.54) is 13.0 Å². The van der Waals surface area contributed by atoms with Crippen molar-refractivity contribution in [2.45, 2.75) is 33.1 Å². The summed E-state index contributed by atoms with van der Waals surface area (Å²) in [5, 5.41) is 0. The maximum absolute atomic E-state index is 11.1. The average Bonchev–Trinajstić information content (AvgIpc) is 2.26. The second-order valence-corrected chi connectivity index (χ2v) is 5.57. The van der Waals surface area contributed by atoms with Gasteiger partial charge in [-0.05, 0) is 24.5 Å². The van der Waals surface area contributed by atoms with Crippen LogP contribution in [0.3, 0.4) is 0 Å². The number of para-hydroxylation sites is 1. The fraction of sp³-hybridized carbons (Fsp3) is 0.312. The molecule has 2 heteroatoms. The Bertz CT molecular complexity index is 543. The van der Waals surface area contributed by atoms with Gasteiger partial charge in [-0.15, -0.1) is 0 Å². The minimum atomic E-state index is -0.00802. The molecule has 2 rings (SSSR count). The number of hydrogen-bond acceptors (Lipinski definition) is 2. The first-order chi connectivity index (χ1) is 8.38. The number of ether oxygens (including phenoxy) is 1. The second kappa shape index (κ2) is 4.45. The summed E-state index contributed by atoms with van der Waals surface area (Å²) >= 11 is 0. The molecule has 18 heavy (non-hydrogen) atoms. The van der Waals surface area contributed by atoms with Gasteiger partial charge in [-0.3, -0.25) is 4.79 Å². The molecular formula is C16H18O2. The van der Waals surface area contributed by atoms with Crippen LogP contribution >= 0.6 is 0 Å². The molecule has 0 aliphatic carbocycles. The number of fused-ring (bicyclic) bond motifs is 1. The van der Waals surface area contributed by atoms with Gasteiger partial charge in [0.25, 0.3) is 0 Å². The molecule has 0 unspecified atom stereocenters. The van der Waals surface area contributed by atoms with Crippen molar-refractivity contribution in [1.29, 1.82) is 0 Å². The molecule has 1 aliphatic rings. The Morgan fingerprint density at radius 2 is 1.94 bits per heavy atom. The fourth-order valence-corrected chi connectivity index (χ4v) is 1.99. The maximum Gasteiger partial charge on any atom is 0.156 e. The molecule has 0 amide bonds. The van der Waals surface area contributed by atoms with Crippen LogP contribution in [0.4, 0.5) is 0 Å². The predicted molar refractivity (Wildman–Crippen MR) is 73.6 cm³/mol. The highest BCUT2D eigenvalue weighted by Crippen LogP contribution is 2.37. The molecular weight excluding hydrogens is 224 g/mol. The Balaban J connectivity index is 2.50. The van der Waals surface area contributed by atoms with E-state index in [4.69, 9.17) is 4.74 Å². The quantitative estimate of drug-likeness (QED) is 0.699. The van der Waals surface area contributed by atoms with E-state index in [0.29, 0.717) is 5.76 Å². The summed E-state index contributed by atoms with van der Waals surface area (Å²) in [7, 11) is 0. The SMILES string of the molecule is CC(=O)/C=C1/C=Cc2cccc(C(C)(C)C)c2O1. The van der Waals surface area contributed by atoms with Crippen LogP contribution in [0.15, 0.2) is 36.1 Å². The number of carbonyl (C=O) groups excluding carboxylic acids is 1. The Morgan fingerprint density at radius 1 is 1.22 bits per heavy atom. The van der Waals surface area contributed by atoms with Gasteiger partial charge in [0.15, 0.2) is 5.78 Å². The van der Waals surface area contributed by atoms with Crippen molar-refractivity contribution < 1.29 is 9.53 Å². The summed E-state index contributed by atoms with van der Waals surface area (Å²) < 4.78 is 5.85. The van der Waals surface area contributed by atoms with Crippen LogP contribution < -0.4 is 4.74 Å². The predicted octanol–water partition coefficient (Wildman–Crippen LogP) is 3.86. The zero-order valence-corrected chi connectivity index (χ0v) is 11.3. The van der Waals surface area contributed by atoms with Gasteiger partial charge in [-0.1, -0.05) is 39.0 Å². The Labute approximate surface area is 108 Å². The Morgan fingerprint density at radius 3 is 2.56 bits per heavy atom. The van der Waals surface area contributed by atoms with Gasteiger partial charge in [0.2, 0.25) is 0 Å². The zero-order chi connectivity index (χ0) is 13.3. The van der Waals surface area contributed by atoms with E-state index in [1.807, 2.05) is 24.3 Å². The smallest absolute Gasteiger partial charge is 0.156 e. The molecule has 1 heterocycles. The molecule has 0 atom stereocenters. The van der Waals surface area contributed by atoms with Crippen LogP contribution in [0.1, 0.15) is 38.8 Å². The van der Waals surface area contributed by atoms with Gasteiger partial charge in [0, 0.05) is 17.2 Å². The van der Waals surface area contributed by atoms with E-state index < -0.39 is 0 Å². The third kappa shape index (κ3) is 2.53. The van der Waals surface area contributed by atoms with Crippen LogP contribution in [-0.4, -0.2) is 5.78 Å². The number of carbonyl (C=O) groups is 1. The summed E-state index contributed by atoms with van der Waals surface area (Å²) in [6, 6.07) is 6.13. The molecule has 1 aromatic carbocycles. The van der Waals surface area contributed by atoms with E-state index in [1.54, 1.807) is 0 Å². The lowest BCUT2D eigenvalue weighted by molar-refractivity contribution is -0.112. The average molecular weight is 242 g/mol. The molecule has 0 spiro atoms. The van der Waals surface area contributed by atoms with E-state index in [9.17, 15) is 4.79 Å². The van der Waals surface area contributed by atoms with E-state index >= 15 is 0 Å². The van der Waals surface area contributed by atoms with Crippen molar-refractivity contribution in [3.8, 4) is 5.75 Å². The number of ketones is 1. The monoisotopic (exact) mass is 242 g/mol. The van der Waals surface area contributed by atoms with Crippen LogP contribution in [0, 0.1) is 0 Å². The lowest BCUT2D eigenvalue weighted by Crippen LogP contribution is -2.15. The fourth-order valence-electron chi connectivity index (χ4n) is 1.99. The van der Waals surface area contributed by atoms with Crippen LogP contribution in [0.2, 0.25) is 0 Å². The number of rotatable bonds is 1. The summed E-state index contributed by atoms with van der Waals surface area (Å²) in [6.07, 6.45) is 5.33. The molecule has 1 aliphatic heterocycles. The van der Waals surface area contributed by atoms with Crippen molar-refractivity contribution in [2.24, 2.45) is 0 Å². The first-order valence-electron chi connectivity index (χ1n) is 6.09. The molecule has 1 aromatic rings. The highest BCUT2D eigenvalue weighted by atomic mass is 16.5. The molecule has 0 saturated carbocycles. The summed E-state index contributed by atoms with van der Waals surface area (Å²) in [5.41, 5.74) is 2.22. The largest absolute Gasteiger partial charge is 0.456 e. The van der Waals surface area contributed by atoms with Crippen LogP contribution in [0.25, 0.3) is 6.08 Å². The Hall–Kier alpha value is -1.83. The van der Waals surface area contributed by atoms with Crippen molar-refractivity contribution in [1.82, 2.24) is 0 Å². The van der Waals surface area contributed by atoms with E-state index in [2.05, 4.69) is 26.8 Å². The third-order valence-electron chi connectivity index (χ3n) is 2.85. The van der Waals surface area contributed by atoms with Crippen molar-refractivity contribution >= 4 is 11.9 Å². The third-order valence-corrected chi connectivity index (χ3v) is 2.85. The Kier molecular flexibility index (Phi) is 3.12. The molecule has 0 fully saturated rings. The molecule has 2 nitrogen and oxygen atoms in total. The molecule has 94 valence electrons.